The van der Waals surface area contributed by atoms with Gasteiger partial charge in [0.25, 0.3) is 5.56 Å². The van der Waals surface area contributed by atoms with Crippen molar-refractivity contribution in [1.29, 1.82) is 0 Å². The largest absolute Gasteiger partial charge is 0.426 e. The van der Waals surface area contributed by atoms with E-state index in [4.69, 9.17) is 4.74 Å². The number of nitrogens with one attached hydrogen (secondary N) is 1. The van der Waals surface area contributed by atoms with Crippen LogP contribution in [0, 0.1) is 0 Å². The number of aromatic amines is 1. The van der Waals surface area contributed by atoms with Gasteiger partial charge in [-0.15, -0.1) is 0 Å². The number of carbonyl (C=O) groups is 1. The quantitative estimate of drug-likeness (QED) is 0.573. The van der Waals surface area contributed by atoms with Crippen LogP contribution in [0.4, 0.5) is 0 Å². The molecule has 20 heavy (non-hydrogen) atoms. The second kappa shape index (κ2) is 4.81. The van der Waals surface area contributed by atoms with Gasteiger partial charge in [0.15, 0.2) is 0 Å². The summed E-state index contributed by atoms with van der Waals surface area (Å²) in [5.41, 5.74) is 0.405. The zero-order chi connectivity index (χ0) is 14.1. The number of esters is 1. The summed E-state index contributed by atoms with van der Waals surface area (Å²) in [5, 5.41) is 2.68. The zero-order valence-electron chi connectivity index (χ0n) is 11.0. The highest BCUT2D eigenvalue weighted by Gasteiger charge is 2.10. The van der Waals surface area contributed by atoms with Crippen molar-refractivity contribution in [1.82, 2.24) is 4.98 Å². The standard InChI is InChI=1S/C16H13NO3/c1-2-15(19)20-13-9-14(18)17-16-11-6-4-3-5-10(11)7-8-12(13)16/h3-9H,2H2,1H3,(H,17,18). The Balaban J connectivity index is 2.34. The number of hydrogen-bond acceptors (Lipinski definition) is 3. The van der Waals surface area contributed by atoms with E-state index < -0.39 is 0 Å². The number of pyridine rings is 1. The van der Waals surface area contributed by atoms with Crippen molar-refractivity contribution in [3.63, 3.8) is 0 Å². The minimum atomic E-state index is -0.356. The second-order valence-electron chi connectivity index (χ2n) is 4.53. The van der Waals surface area contributed by atoms with Crippen LogP contribution in [0.5, 0.6) is 5.75 Å². The van der Waals surface area contributed by atoms with Crippen LogP contribution in [-0.2, 0) is 4.79 Å². The Kier molecular flexibility index (Phi) is 2.99. The van der Waals surface area contributed by atoms with Crippen molar-refractivity contribution < 1.29 is 9.53 Å². The molecule has 4 nitrogen and oxygen atoms in total. The van der Waals surface area contributed by atoms with Crippen molar-refractivity contribution in [2.75, 3.05) is 0 Å². The normalized spacial score (nSPS) is 10.8. The molecule has 0 fully saturated rings. The van der Waals surface area contributed by atoms with Gasteiger partial charge in [0.1, 0.15) is 5.75 Å². The molecule has 2 aromatic carbocycles. The third kappa shape index (κ3) is 2.05. The summed E-state index contributed by atoms with van der Waals surface area (Å²) < 4.78 is 5.25. The first kappa shape index (κ1) is 12.4. The Labute approximate surface area is 115 Å². The molecule has 0 bridgehead atoms. The van der Waals surface area contributed by atoms with Crippen molar-refractivity contribution in [3.05, 3.63) is 52.8 Å². The van der Waals surface area contributed by atoms with E-state index in [1.165, 1.54) is 6.07 Å². The van der Waals surface area contributed by atoms with E-state index in [9.17, 15) is 9.59 Å². The molecule has 0 amide bonds. The van der Waals surface area contributed by atoms with Crippen LogP contribution in [0.25, 0.3) is 21.7 Å². The van der Waals surface area contributed by atoms with E-state index in [0.717, 1.165) is 16.2 Å². The van der Waals surface area contributed by atoms with Crippen molar-refractivity contribution in [2.45, 2.75) is 13.3 Å². The molecule has 1 N–H and O–H groups in total. The van der Waals surface area contributed by atoms with E-state index >= 15 is 0 Å². The highest BCUT2D eigenvalue weighted by Crippen LogP contribution is 2.28. The molecule has 0 atom stereocenters. The van der Waals surface area contributed by atoms with Crippen LogP contribution < -0.4 is 10.3 Å². The Morgan fingerprint density at radius 2 is 1.95 bits per heavy atom. The number of carbonyl (C=O) groups excluding carboxylic acids is 1. The summed E-state index contributed by atoms with van der Waals surface area (Å²) in [6.45, 7) is 1.72. The number of hydrogen-bond donors (Lipinski definition) is 1. The van der Waals surface area contributed by atoms with Gasteiger partial charge in [-0.1, -0.05) is 37.3 Å². The Hall–Kier alpha value is -2.62. The first-order chi connectivity index (χ1) is 9.69. The van der Waals surface area contributed by atoms with Crippen LogP contribution in [-0.4, -0.2) is 11.0 Å². The molecule has 4 heteroatoms. The number of H-pyrrole nitrogens is 1. The van der Waals surface area contributed by atoms with Crippen LogP contribution in [0.1, 0.15) is 13.3 Å². The first-order valence-corrected chi connectivity index (χ1v) is 6.44. The van der Waals surface area contributed by atoms with Gasteiger partial charge in [0, 0.05) is 23.3 Å². The predicted octanol–water partition coefficient (Wildman–Crippen LogP) is 3.00. The van der Waals surface area contributed by atoms with Crippen LogP contribution >= 0.6 is 0 Å². The number of rotatable bonds is 2. The molecule has 0 radical (unpaired) electrons. The summed E-state index contributed by atoms with van der Waals surface area (Å²) in [4.78, 5) is 26.1. The molecular formula is C16H13NO3. The first-order valence-electron chi connectivity index (χ1n) is 6.44. The topological polar surface area (TPSA) is 59.2 Å². The zero-order valence-corrected chi connectivity index (χ0v) is 11.0. The van der Waals surface area contributed by atoms with Crippen LogP contribution in [0.15, 0.2) is 47.3 Å². The molecule has 3 rings (SSSR count). The van der Waals surface area contributed by atoms with Gasteiger partial charge in [0.2, 0.25) is 0 Å². The Morgan fingerprint density at radius 3 is 2.75 bits per heavy atom. The molecule has 0 aliphatic rings. The predicted molar refractivity (Wildman–Crippen MR) is 78.0 cm³/mol. The van der Waals surface area contributed by atoms with Crippen molar-refractivity contribution in [3.8, 4) is 5.75 Å². The molecule has 1 heterocycles. The van der Waals surface area contributed by atoms with E-state index in [0.29, 0.717) is 11.3 Å². The summed E-state index contributed by atoms with van der Waals surface area (Å²) >= 11 is 0. The Morgan fingerprint density at radius 1 is 1.15 bits per heavy atom. The van der Waals surface area contributed by atoms with Gasteiger partial charge < -0.3 is 9.72 Å². The van der Waals surface area contributed by atoms with Gasteiger partial charge in [-0.3, -0.25) is 9.59 Å². The van der Waals surface area contributed by atoms with Gasteiger partial charge in [-0.05, 0) is 11.5 Å². The van der Waals surface area contributed by atoms with Gasteiger partial charge in [-0.25, -0.2) is 0 Å². The SMILES string of the molecule is CCC(=O)Oc1cc(=O)[nH]c2c1ccc1ccccc12. The average Bonchev–Trinajstić information content (AvgIpc) is 2.46. The summed E-state index contributed by atoms with van der Waals surface area (Å²) in [7, 11) is 0. The fourth-order valence-corrected chi connectivity index (χ4v) is 2.25. The molecule has 100 valence electrons. The molecule has 1 aromatic heterocycles. The maximum absolute atomic E-state index is 11.8. The lowest BCUT2D eigenvalue weighted by Crippen LogP contribution is -2.11. The van der Waals surface area contributed by atoms with Crippen molar-refractivity contribution in [2.24, 2.45) is 0 Å². The van der Waals surface area contributed by atoms with E-state index in [1.807, 2.05) is 36.4 Å². The number of aromatic nitrogens is 1. The molecule has 3 aromatic rings. The summed E-state index contributed by atoms with van der Waals surface area (Å²) in [5.74, 6) is -0.0496. The minimum absolute atomic E-state index is 0.266. The van der Waals surface area contributed by atoms with Crippen LogP contribution in [0.3, 0.4) is 0 Å². The fraction of sp³-hybridized carbons (Fsp3) is 0.125. The molecule has 0 spiro atoms. The van der Waals surface area contributed by atoms with Crippen molar-refractivity contribution >= 4 is 27.6 Å². The second-order valence-corrected chi connectivity index (χ2v) is 4.53. The maximum Gasteiger partial charge on any atom is 0.310 e. The summed E-state index contributed by atoms with van der Waals surface area (Å²) in [6, 6.07) is 12.9. The van der Waals surface area contributed by atoms with Crippen LogP contribution in [0.2, 0.25) is 0 Å². The summed E-state index contributed by atoms with van der Waals surface area (Å²) in [6.07, 6.45) is 0.266. The lowest BCUT2D eigenvalue weighted by atomic mass is 10.1. The lowest BCUT2D eigenvalue weighted by molar-refractivity contribution is -0.133. The highest BCUT2D eigenvalue weighted by atomic mass is 16.5. The van der Waals surface area contributed by atoms with E-state index in [-0.39, 0.29) is 17.9 Å². The maximum atomic E-state index is 11.8. The fourth-order valence-electron chi connectivity index (χ4n) is 2.25. The third-order valence-electron chi connectivity index (χ3n) is 3.22. The molecule has 0 aliphatic carbocycles. The van der Waals surface area contributed by atoms with Gasteiger partial charge in [0.05, 0.1) is 5.52 Å². The monoisotopic (exact) mass is 267 g/mol. The smallest absolute Gasteiger partial charge is 0.310 e. The minimum Gasteiger partial charge on any atom is -0.426 e. The van der Waals surface area contributed by atoms with E-state index in [1.54, 1.807) is 6.92 Å². The number of ether oxygens (including phenoxy) is 1. The molecular weight excluding hydrogens is 254 g/mol. The Bertz CT molecular complexity index is 864. The van der Waals surface area contributed by atoms with Gasteiger partial charge >= 0.3 is 5.97 Å². The molecule has 0 saturated carbocycles. The number of benzene rings is 2. The van der Waals surface area contributed by atoms with Gasteiger partial charge in [-0.2, -0.15) is 0 Å². The number of fused-ring (bicyclic) bond motifs is 3. The lowest BCUT2D eigenvalue weighted by Gasteiger charge is -2.08. The molecule has 0 unspecified atom stereocenters. The average molecular weight is 267 g/mol. The highest BCUT2D eigenvalue weighted by molar-refractivity contribution is 6.07. The van der Waals surface area contributed by atoms with E-state index in [2.05, 4.69) is 4.98 Å². The third-order valence-corrected chi connectivity index (χ3v) is 3.22. The molecule has 0 aliphatic heterocycles. The molecule has 0 saturated heterocycles.